The normalized spacial score (nSPS) is 13.3. The molecule has 0 spiro atoms. The molecule has 0 fully saturated rings. The van der Waals surface area contributed by atoms with Crippen LogP contribution >= 0.6 is 11.3 Å². The number of rotatable bonds is 8. The molecule has 1 aliphatic rings. The summed E-state index contributed by atoms with van der Waals surface area (Å²) in [5.74, 6) is -1.85. The first-order valence-corrected chi connectivity index (χ1v) is 12.7. The first-order valence-electron chi connectivity index (χ1n) is 10.4. The number of carbonyl (C=O) groups excluding carboxylic acids is 2. The molecule has 176 valence electrons. The van der Waals surface area contributed by atoms with Crippen LogP contribution in [0.5, 0.6) is 0 Å². The second-order valence-corrected chi connectivity index (χ2v) is 10.7. The van der Waals surface area contributed by atoms with Crippen molar-refractivity contribution in [3.05, 3.63) is 94.6 Å². The summed E-state index contributed by atoms with van der Waals surface area (Å²) in [6.07, 6.45) is 1.75. The van der Waals surface area contributed by atoms with Crippen LogP contribution in [0.25, 0.3) is 0 Å². The minimum absolute atomic E-state index is 0.113. The van der Waals surface area contributed by atoms with Crippen molar-refractivity contribution in [2.24, 2.45) is 0 Å². The summed E-state index contributed by atoms with van der Waals surface area (Å²) in [6.45, 7) is 3.96. The Labute approximate surface area is 201 Å². The average molecular weight is 500 g/mol. The van der Waals surface area contributed by atoms with Crippen LogP contribution < -0.4 is 10.6 Å². The maximum absolute atomic E-state index is 14.7. The topological polar surface area (TPSA) is 95.6 Å². The van der Waals surface area contributed by atoms with Gasteiger partial charge in [0.15, 0.2) is 0 Å². The standard InChI is InChI=1S/C24H22FN3O4S2/c1-2-22(29)27-23-12-17-14-28(15-21(17)33-23)34(31,32)18-8-9-19(20(25)13-18)24(30)26-11-10-16-6-4-3-5-7-16/h2-9,12-13H,1,10-11,14-15H2,(H,26,30)(H,27,29). The monoisotopic (exact) mass is 499 g/mol. The van der Waals surface area contributed by atoms with E-state index >= 15 is 0 Å². The van der Waals surface area contributed by atoms with Gasteiger partial charge in [-0.2, -0.15) is 4.31 Å². The third kappa shape index (κ3) is 5.09. The highest BCUT2D eigenvalue weighted by Gasteiger charge is 2.33. The van der Waals surface area contributed by atoms with Crippen molar-refractivity contribution in [3.63, 3.8) is 0 Å². The molecule has 34 heavy (non-hydrogen) atoms. The molecule has 1 aromatic heterocycles. The summed E-state index contributed by atoms with van der Waals surface area (Å²) in [5.41, 5.74) is 1.61. The molecule has 0 saturated carbocycles. The van der Waals surface area contributed by atoms with Gasteiger partial charge >= 0.3 is 0 Å². The van der Waals surface area contributed by atoms with Crippen molar-refractivity contribution in [2.45, 2.75) is 24.4 Å². The number of amides is 2. The number of thiophene rings is 1. The Morgan fingerprint density at radius 3 is 2.56 bits per heavy atom. The van der Waals surface area contributed by atoms with Crippen LogP contribution in [0, 0.1) is 5.82 Å². The fraction of sp³-hybridized carbons (Fsp3) is 0.167. The Balaban J connectivity index is 1.41. The minimum Gasteiger partial charge on any atom is -0.352 e. The highest BCUT2D eigenvalue weighted by Crippen LogP contribution is 2.37. The van der Waals surface area contributed by atoms with Gasteiger partial charge in [0.1, 0.15) is 5.82 Å². The van der Waals surface area contributed by atoms with Crippen LogP contribution in [-0.4, -0.2) is 31.1 Å². The van der Waals surface area contributed by atoms with E-state index in [-0.39, 0.29) is 29.5 Å². The number of carbonyl (C=O) groups is 2. The molecule has 1 aliphatic heterocycles. The van der Waals surface area contributed by atoms with Gasteiger partial charge in [-0.3, -0.25) is 9.59 Å². The molecule has 2 aromatic carbocycles. The second kappa shape index (κ2) is 9.88. The molecule has 0 bridgehead atoms. The van der Waals surface area contributed by atoms with Gasteiger partial charge in [-0.25, -0.2) is 12.8 Å². The van der Waals surface area contributed by atoms with Crippen LogP contribution in [0.2, 0.25) is 0 Å². The summed E-state index contributed by atoms with van der Waals surface area (Å²) in [6, 6.07) is 14.6. The summed E-state index contributed by atoms with van der Waals surface area (Å²) < 4.78 is 42.0. The van der Waals surface area contributed by atoms with Crippen molar-refractivity contribution in [3.8, 4) is 0 Å². The highest BCUT2D eigenvalue weighted by atomic mass is 32.2. The van der Waals surface area contributed by atoms with Gasteiger partial charge in [-0.15, -0.1) is 11.3 Å². The van der Waals surface area contributed by atoms with Crippen molar-refractivity contribution in [1.82, 2.24) is 9.62 Å². The molecular weight excluding hydrogens is 477 g/mol. The van der Waals surface area contributed by atoms with Crippen molar-refractivity contribution >= 4 is 38.2 Å². The quantitative estimate of drug-likeness (QED) is 0.462. The smallest absolute Gasteiger partial charge is 0.254 e. The molecule has 0 aliphatic carbocycles. The van der Waals surface area contributed by atoms with E-state index in [2.05, 4.69) is 17.2 Å². The number of nitrogens with one attached hydrogen (secondary N) is 2. The van der Waals surface area contributed by atoms with Crippen LogP contribution in [0.1, 0.15) is 26.4 Å². The van der Waals surface area contributed by atoms with E-state index in [0.29, 0.717) is 18.0 Å². The number of hydrogen-bond donors (Lipinski definition) is 2. The number of fused-ring (bicyclic) bond motifs is 1. The van der Waals surface area contributed by atoms with Crippen LogP contribution in [0.3, 0.4) is 0 Å². The summed E-state index contributed by atoms with van der Waals surface area (Å²) >= 11 is 1.28. The third-order valence-electron chi connectivity index (χ3n) is 5.36. The Kier molecular flexibility index (Phi) is 6.92. The van der Waals surface area contributed by atoms with E-state index in [4.69, 9.17) is 0 Å². The van der Waals surface area contributed by atoms with Crippen LogP contribution in [0.15, 0.2) is 72.1 Å². The lowest BCUT2D eigenvalue weighted by Crippen LogP contribution is -2.28. The molecule has 0 atom stereocenters. The molecule has 2 heterocycles. The number of hydrogen-bond acceptors (Lipinski definition) is 5. The van der Waals surface area contributed by atoms with E-state index in [1.54, 1.807) is 6.07 Å². The van der Waals surface area contributed by atoms with E-state index in [1.165, 1.54) is 27.8 Å². The van der Waals surface area contributed by atoms with E-state index in [1.807, 2.05) is 30.3 Å². The predicted octanol–water partition coefficient (Wildman–Crippen LogP) is 3.69. The molecule has 0 unspecified atom stereocenters. The van der Waals surface area contributed by atoms with Gasteiger partial charge in [-0.05, 0) is 47.9 Å². The van der Waals surface area contributed by atoms with E-state index in [9.17, 15) is 22.4 Å². The molecule has 0 radical (unpaired) electrons. The first-order chi connectivity index (χ1) is 16.3. The van der Waals surface area contributed by atoms with Crippen LogP contribution in [-0.2, 0) is 34.3 Å². The lowest BCUT2D eigenvalue weighted by Gasteiger charge is -2.16. The number of halogens is 1. The van der Waals surface area contributed by atoms with E-state index in [0.717, 1.165) is 28.1 Å². The van der Waals surface area contributed by atoms with Crippen molar-refractivity contribution in [2.75, 3.05) is 11.9 Å². The highest BCUT2D eigenvalue weighted by molar-refractivity contribution is 7.89. The lowest BCUT2D eigenvalue weighted by atomic mass is 10.1. The third-order valence-corrected chi connectivity index (χ3v) is 8.23. The van der Waals surface area contributed by atoms with Gasteiger partial charge in [0, 0.05) is 24.5 Å². The summed E-state index contributed by atoms with van der Waals surface area (Å²) in [5, 5.41) is 5.93. The Morgan fingerprint density at radius 1 is 1.12 bits per heavy atom. The molecule has 0 saturated heterocycles. The fourth-order valence-corrected chi connectivity index (χ4v) is 6.17. The molecule has 4 rings (SSSR count). The van der Waals surface area contributed by atoms with Crippen molar-refractivity contribution in [1.29, 1.82) is 0 Å². The van der Waals surface area contributed by atoms with Crippen LogP contribution in [0.4, 0.5) is 9.39 Å². The zero-order chi connectivity index (χ0) is 24.3. The summed E-state index contributed by atoms with van der Waals surface area (Å²) in [7, 11) is -3.97. The van der Waals surface area contributed by atoms with Gasteiger partial charge < -0.3 is 10.6 Å². The minimum atomic E-state index is -3.97. The number of sulfonamides is 1. The maximum Gasteiger partial charge on any atom is 0.254 e. The molecule has 2 amide bonds. The maximum atomic E-state index is 14.7. The molecular formula is C24H22FN3O4S2. The largest absolute Gasteiger partial charge is 0.352 e. The first kappa shape index (κ1) is 23.8. The molecule has 3 aromatic rings. The molecule has 10 heteroatoms. The fourth-order valence-electron chi connectivity index (χ4n) is 3.59. The van der Waals surface area contributed by atoms with E-state index < -0.39 is 21.7 Å². The Bertz CT molecular complexity index is 1330. The van der Waals surface area contributed by atoms with Gasteiger partial charge in [0.2, 0.25) is 15.9 Å². The number of anilines is 1. The lowest BCUT2D eigenvalue weighted by molar-refractivity contribution is -0.111. The summed E-state index contributed by atoms with van der Waals surface area (Å²) in [4.78, 5) is 24.4. The average Bonchev–Trinajstić information content (AvgIpc) is 3.38. The molecule has 2 N–H and O–H groups in total. The van der Waals surface area contributed by atoms with Gasteiger partial charge in [-0.1, -0.05) is 36.9 Å². The van der Waals surface area contributed by atoms with Gasteiger partial charge in [0.25, 0.3) is 5.91 Å². The van der Waals surface area contributed by atoms with Crippen molar-refractivity contribution < 1.29 is 22.4 Å². The number of nitrogens with zero attached hydrogens (tertiary/aromatic N) is 1. The SMILES string of the molecule is C=CC(=O)Nc1cc2c(s1)CN(S(=O)(=O)c1ccc(C(=O)NCCc3ccccc3)c(F)c1)C2. The second-order valence-electron chi connectivity index (χ2n) is 7.66. The Morgan fingerprint density at radius 2 is 1.88 bits per heavy atom. The predicted molar refractivity (Wildman–Crippen MR) is 128 cm³/mol. The Hall–Kier alpha value is -3.34. The zero-order valence-electron chi connectivity index (χ0n) is 18.1. The molecule has 7 nitrogen and oxygen atoms in total. The van der Waals surface area contributed by atoms with Gasteiger partial charge in [0.05, 0.1) is 15.5 Å². The number of benzene rings is 2. The zero-order valence-corrected chi connectivity index (χ0v) is 19.7.